The van der Waals surface area contributed by atoms with E-state index < -0.39 is 5.92 Å². The van der Waals surface area contributed by atoms with Gasteiger partial charge in [-0.05, 0) is 19.4 Å². The van der Waals surface area contributed by atoms with Crippen LogP contribution < -0.4 is 16.4 Å². The van der Waals surface area contributed by atoms with Crippen LogP contribution >= 0.6 is 12.2 Å². The van der Waals surface area contributed by atoms with Crippen molar-refractivity contribution in [2.75, 3.05) is 6.54 Å². The molecule has 1 aromatic carbocycles. The van der Waals surface area contributed by atoms with Gasteiger partial charge < -0.3 is 16.4 Å². The molecule has 0 spiro atoms. The molecule has 0 bridgehead atoms. The average molecular weight is 293 g/mol. The van der Waals surface area contributed by atoms with Crippen molar-refractivity contribution in [1.29, 1.82) is 0 Å². The number of nitrogens with one attached hydrogen (secondary N) is 2. The predicted molar refractivity (Wildman–Crippen MR) is 82.3 cm³/mol. The molecule has 0 radical (unpaired) electrons. The number of nitrogens with two attached hydrogens (primary N) is 1. The topological polar surface area (TPSA) is 84.2 Å². The summed E-state index contributed by atoms with van der Waals surface area (Å²) in [5.74, 6) is -1.34. The number of amides is 2. The maximum atomic E-state index is 12.1. The van der Waals surface area contributed by atoms with Crippen molar-refractivity contribution >= 4 is 29.0 Å². The first-order chi connectivity index (χ1) is 9.41. The normalized spacial score (nSPS) is 11.8. The first kappa shape index (κ1) is 16.1. The monoisotopic (exact) mass is 293 g/mol. The van der Waals surface area contributed by atoms with Crippen LogP contribution in [0.3, 0.4) is 0 Å². The molecule has 0 aliphatic carbocycles. The summed E-state index contributed by atoms with van der Waals surface area (Å²) in [7, 11) is 0. The van der Waals surface area contributed by atoms with Crippen molar-refractivity contribution in [3.8, 4) is 0 Å². The molecule has 1 rings (SSSR count). The molecule has 0 saturated carbocycles. The van der Waals surface area contributed by atoms with Crippen LogP contribution in [-0.4, -0.2) is 29.4 Å². The second kappa shape index (κ2) is 7.59. The number of hydrogen-bond donors (Lipinski definition) is 3. The first-order valence-corrected chi connectivity index (χ1v) is 6.74. The SMILES string of the molecule is CC(C)NC(=O)CNC(=O)C(C(N)=S)c1ccccc1. The molecule has 108 valence electrons. The summed E-state index contributed by atoms with van der Waals surface area (Å²) in [6.45, 7) is 3.60. The minimum absolute atomic E-state index is 0.0277. The number of carbonyl (C=O) groups excluding carboxylic acids is 2. The lowest BCUT2D eigenvalue weighted by atomic mass is 9.98. The molecule has 2 amide bonds. The molecule has 6 heteroatoms. The number of hydrogen-bond acceptors (Lipinski definition) is 3. The van der Waals surface area contributed by atoms with Gasteiger partial charge in [0.25, 0.3) is 0 Å². The Hall–Kier alpha value is -1.95. The molecule has 4 N–H and O–H groups in total. The molecule has 1 aromatic rings. The molecular formula is C14H19N3O2S. The van der Waals surface area contributed by atoms with Crippen LogP contribution in [0.25, 0.3) is 0 Å². The zero-order valence-electron chi connectivity index (χ0n) is 11.6. The number of carbonyl (C=O) groups is 2. The number of thiocarbonyl (C=S) groups is 1. The maximum absolute atomic E-state index is 12.1. The van der Waals surface area contributed by atoms with E-state index in [0.29, 0.717) is 5.56 Å². The molecular weight excluding hydrogens is 274 g/mol. The second-order valence-electron chi connectivity index (χ2n) is 4.69. The standard InChI is InChI=1S/C14H19N3O2S/c1-9(2)17-11(18)8-16-14(19)12(13(15)20)10-6-4-3-5-7-10/h3-7,9,12H,8H2,1-2H3,(H2,15,20)(H,16,19)(H,17,18). The Morgan fingerprint density at radius 1 is 1.25 bits per heavy atom. The van der Waals surface area contributed by atoms with E-state index in [-0.39, 0.29) is 29.4 Å². The van der Waals surface area contributed by atoms with Crippen molar-refractivity contribution < 1.29 is 9.59 Å². The molecule has 0 heterocycles. The van der Waals surface area contributed by atoms with E-state index in [2.05, 4.69) is 10.6 Å². The van der Waals surface area contributed by atoms with Gasteiger partial charge in [0.2, 0.25) is 11.8 Å². The van der Waals surface area contributed by atoms with Crippen LogP contribution in [0.5, 0.6) is 0 Å². The fourth-order valence-corrected chi connectivity index (χ4v) is 1.98. The Kier molecular flexibility index (Phi) is 6.11. The summed E-state index contributed by atoms with van der Waals surface area (Å²) in [5, 5.41) is 5.24. The highest BCUT2D eigenvalue weighted by molar-refractivity contribution is 7.80. The van der Waals surface area contributed by atoms with Crippen molar-refractivity contribution in [3.05, 3.63) is 35.9 Å². The zero-order valence-corrected chi connectivity index (χ0v) is 12.4. The molecule has 1 atom stereocenters. The van der Waals surface area contributed by atoms with E-state index >= 15 is 0 Å². The minimum atomic E-state index is -0.724. The van der Waals surface area contributed by atoms with Crippen LogP contribution in [0.1, 0.15) is 25.3 Å². The van der Waals surface area contributed by atoms with E-state index in [4.69, 9.17) is 18.0 Å². The smallest absolute Gasteiger partial charge is 0.239 e. The lowest BCUT2D eigenvalue weighted by molar-refractivity contribution is -0.126. The quantitative estimate of drug-likeness (QED) is 0.674. The van der Waals surface area contributed by atoms with Crippen LogP contribution in [0.15, 0.2) is 30.3 Å². The van der Waals surface area contributed by atoms with Gasteiger partial charge in [-0.2, -0.15) is 0 Å². The fourth-order valence-electron chi connectivity index (χ4n) is 1.73. The Balaban J connectivity index is 2.67. The van der Waals surface area contributed by atoms with Gasteiger partial charge in [0.1, 0.15) is 5.92 Å². The van der Waals surface area contributed by atoms with Gasteiger partial charge in [-0.15, -0.1) is 0 Å². The third-order valence-electron chi connectivity index (χ3n) is 2.55. The molecule has 20 heavy (non-hydrogen) atoms. The van der Waals surface area contributed by atoms with Gasteiger partial charge >= 0.3 is 0 Å². The van der Waals surface area contributed by atoms with Crippen molar-refractivity contribution in [1.82, 2.24) is 10.6 Å². The van der Waals surface area contributed by atoms with E-state index in [0.717, 1.165) is 0 Å². The summed E-state index contributed by atoms with van der Waals surface area (Å²) < 4.78 is 0. The Morgan fingerprint density at radius 2 is 1.85 bits per heavy atom. The highest BCUT2D eigenvalue weighted by atomic mass is 32.1. The Bertz CT molecular complexity index is 488. The van der Waals surface area contributed by atoms with E-state index in [1.54, 1.807) is 24.3 Å². The highest BCUT2D eigenvalue weighted by Crippen LogP contribution is 2.15. The maximum Gasteiger partial charge on any atom is 0.239 e. The second-order valence-corrected chi connectivity index (χ2v) is 5.16. The molecule has 0 fully saturated rings. The average Bonchev–Trinajstić information content (AvgIpc) is 2.36. The summed E-state index contributed by atoms with van der Waals surface area (Å²) in [6.07, 6.45) is 0. The van der Waals surface area contributed by atoms with E-state index in [1.807, 2.05) is 19.9 Å². The minimum Gasteiger partial charge on any atom is -0.392 e. The van der Waals surface area contributed by atoms with Crippen molar-refractivity contribution in [2.24, 2.45) is 5.73 Å². The van der Waals surface area contributed by atoms with E-state index in [1.165, 1.54) is 0 Å². The fraction of sp³-hybridized carbons (Fsp3) is 0.357. The third kappa shape index (κ3) is 4.97. The molecule has 0 aliphatic rings. The lowest BCUT2D eigenvalue weighted by Crippen LogP contribution is -2.43. The molecule has 0 aliphatic heterocycles. The summed E-state index contributed by atoms with van der Waals surface area (Å²) >= 11 is 4.94. The Morgan fingerprint density at radius 3 is 2.35 bits per heavy atom. The molecule has 5 nitrogen and oxygen atoms in total. The van der Waals surface area contributed by atoms with Gasteiger partial charge in [-0.3, -0.25) is 9.59 Å². The lowest BCUT2D eigenvalue weighted by Gasteiger charge is -2.16. The Labute approximate surface area is 123 Å². The van der Waals surface area contributed by atoms with Crippen molar-refractivity contribution in [3.63, 3.8) is 0 Å². The molecule has 0 aromatic heterocycles. The van der Waals surface area contributed by atoms with Gasteiger partial charge in [0.15, 0.2) is 0 Å². The van der Waals surface area contributed by atoms with Crippen molar-refractivity contribution in [2.45, 2.75) is 25.8 Å². The van der Waals surface area contributed by atoms with Crippen LogP contribution in [0.4, 0.5) is 0 Å². The van der Waals surface area contributed by atoms with Gasteiger partial charge in [0, 0.05) is 6.04 Å². The van der Waals surface area contributed by atoms with Gasteiger partial charge in [-0.25, -0.2) is 0 Å². The molecule has 0 saturated heterocycles. The molecule has 1 unspecified atom stereocenters. The van der Waals surface area contributed by atoms with Crippen LogP contribution in [0.2, 0.25) is 0 Å². The van der Waals surface area contributed by atoms with Gasteiger partial charge in [0.05, 0.1) is 11.5 Å². The summed E-state index contributed by atoms with van der Waals surface area (Å²) in [5.41, 5.74) is 6.34. The summed E-state index contributed by atoms with van der Waals surface area (Å²) in [6, 6.07) is 9.03. The zero-order chi connectivity index (χ0) is 15.1. The number of rotatable bonds is 6. The van der Waals surface area contributed by atoms with Gasteiger partial charge in [-0.1, -0.05) is 42.5 Å². The summed E-state index contributed by atoms with van der Waals surface area (Å²) in [4.78, 5) is 23.7. The third-order valence-corrected chi connectivity index (χ3v) is 2.79. The predicted octanol–water partition coefficient (Wildman–Crippen LogP) is 0.697. The van der Waals surface area contributed by atoms with Crippen LogP contribution in [-0.2, 0) is 9.59 Å². The highest BCUT2D eigenvalue weighted by Gasteiger charge is 2.23. The van der Waals surface area contributed by atoms with E-state index in [9.17, 15) is 9.59 Å². The largest absolute Gasteiger partial charge is 0.392 e. The first-order valence-electron chi connectivity index (χ1n) is 6.33. The number of benzene rings is 1. The van der Waals surface area contributed by atoms with Crippen LogP contribution in [0, 0.1) is 0 Å².